The molecule has 0 amide bonds. The summed E-state index contributed by atoms with van der Waals surface area (Å²) in [4.78, 5) is 11.0. The molecule has 0 aromatic carbocycles. The second-order valence-electron chi connectivity index (χ2n) is 2.57. The van der Waals surface area contributed by atoms with Crippen molar-refractivity contribution in [3.8, 4) is 0 Å². The van der Waals surface area contributed by atoms with Crippen LogP contribution in [0.25, 0.3) is 0 Å². The molecule has 0 aromatic heterocycles. The fourth-order valence-electron chi connectivity index (χ4n) is 1.04. The van der Waals surface area contributed by atoms with Gasteiger partial charge in [-0.3, -0.25) is 4.79 Å². The van der Waals surface area contributed by atoms with Gasteiger partial charge in [0.05, 0.1) is 12.5 Å². The van der Waals surface area contributed by atoms with Crippen LogP contribution in [0.3, 0.4) is 0 Å². The van der Waals surface area contributed by atoms with E-state index in [4.69, 9.17) is 4.74 Å². The van der Waals surface area contributed by atoms with Gasteiger partial charge in [-0.05, 0) is 19.5 Å². The zero-order valence-corrected chi connectivity index (χ0v) is 6.67. The molecule has 1 aliphatic carbocycles. The molecule has 2 atom stereocenters. The van der Waals surface area contributed by atoms with Crippen molar-refractivity contribution in [3.63, 3.8) is 0 Å². The van der Waals surface area contributed by atoms with Gasteiger partial charge in [0.1, 0.15) is 0 Å². The molecule has 0 bridgehead atoms. The van der Waals surface area contributed by atoms with E-state index in [2.05, 4.69) is 11.9 Å². The van der Waals surface area contributed by atoms with Gasteiger partial charge in [0.15, 0.2) is 0 Å². The highest BCUT2D eigenvalue weighted by Crippen LogP contribution is 2.31. The molecular weight excluding hydrogens is 142 g/mol. The third-order valence-electron chi connectivity index (χ3n) is 1.71. The van der Waals surface area contributed by atoms with E-state index in [9.17, 15) is 4.79 Å². The Kier molecular flexibility index (Phi) is 2.52. The highest BCUT2D eigenvalue weighted by atomic mass is 16.5. The van der Waals surface area contributed by atoms with Crippen molar-refractivity contribution in [2.24, 2.45) is 5.92 Å². The van der Waals surface area contributed by atoms with Crippen molar-refractivity contribution in [1.82, 2.24) is 5.32 Å². The van der Waals surface area contributed by atoms with Gasteiger partial charge in [-0.1, -0.05) is 6.58 Å². The van der Waals surface area contributed by atoms with E-state index < -0.39 is 0 Å². The highest BCUT2D eigenvalue weighted by Gasteiger charge is 2.43. The Morgan fingerprint density at radius 3 is 3.18 bits per heavy atom. The molecule has 11 heavy (non-hydrogen) atoms. The summed E-state index contributed by atoms with van der Waals surface area (Å²) in [7, 11) is 0. The summed E-state index contributed by atoms with van der Waals surface area (Å²) in [5.74, 6) is -0.0280. The lowest BCUT2D eigenvalue weighted by Crippen LogP contribution is -2.16. The number of esters is 1. The first kappa shape index (κ1) is 8.11. The smallest absolute Gasteiger partial charge is 0.311 e. The Morgan fingerprint density at radius 1 is 1.91 bits per heavy atom. The zero-order valence-electron chi connectivity index (χ0n) is 6.67. The van der Waals surface area contributed by atoms with Crippen molar-refractivity contribution in [3.05, 3.63) is 12.8 Å². The van der Waals surface area contributed by atoms with Gasteiger partial charge < -0.3 is 10.1 Å². The molecule has 0 aromatic rings. The summed E-state index contributed by atoms with van der Waals surface area (Å²) in [6, 6.07) is 0.270. The van der Waals surface area contributed by atoms with E-state index in [-0.39, 0.29) is 17.9 Å². The van der Waals surface area contributed by atoms with Crippen LogP contribution in [0, 0.1) is 5.92 Å². The third-order valence-corrected chi connectivity index (χ3v) is 1.71. The summed E-state index contributed by atoms with van der Waals surface area (Å²) >= 11 is 0. The highest BCUT2D eigenvalue weighted by molar-refractivity contribution is 5.76. The first-order chi connectivity index (χ1) is 5.29. The molecule has 0 aliphatic heterocycles. The van der Waals surface area contributed by atoms with E-state index in [1.165, 1.54) is 0 Å². The first-order valence-electron chi connectivity index (χ1n) is 3.83. The summed E-state index contributed by atoms with van der Waals surface area (Å²) in [6.45, 7) is 5.80. The van der Waals surface area contributed by atoms with Crippen molar-refractivity contribution < 1.29 is 9.53 Å². The van der Waals surface area contributed by atoms with E-state index in [0.717, 1.165) is 6.42 Å². The van der Waals surface area contributed by atoms with Crippen LogP contribution in [-0.4, -0.2) is 18.6 Å². The molecule has 3 heteroatoms. The number of carbonyl (C=O) groups is 1. The second-order valence-corrected chi connectivity index (χ2v) is 2.57. The topological polar surface area (TPSA) is 38.3 Å². The lowest BCUT2D eigenvalue weighted by molar-refractivity contribution is -0.144. The van der Waals surface area contributed by atoms with Gasteiger partial charge in [-0.15, -0.1) is 0 Å². The maximum Gasteiger partial charge on any atom is 0.311 e. The van der Waals surface area contributed by atoms with Crippen molar-refractivity contribution in [2.45, 2.75) is 19.4 Å². The number of hydrogen-bond donors (Lipinski definition) is 1. The Hall–Kier alpha value is -0.990. The van der Waals surface area contributed by atoms with Crippen LogP contribution in [0.1, 0.15) is 13.3 Å². The Balaban J connectivity index is 2.20. The quantitative estimate of drug-likeness (QED) is 0.606. The fraction of sp³-hybridized carbons (Fsp3) is 0.625. The molecule has 62 valence electrons. The first-order valence-corrected chi connectivity index (χ1v) is 3.83. The fourth-order valence-corrected chi connectivity index (χ4v) is 1.04. The van der Waals surface area contributed by atoms with Crippen molar-refractivity contribution in [2.75, 3.05) is 6.61 Å². The summed E-state index contributed by atoms with van der Waals surface area (Å²) in [5.41, 5.74) is 0. The number of nitrogens with one attached hydrogen (secondary N) is 1. The largest absolute Gasteiger partial charge is 0.466 e. The van der Waals surface area contributed by atoms with Gasteiger partial charge in [-0.2, -0.15) is 0 Å². The molecule has 3 nitrogen and oxygen atoms in total. The molecular formula is C8H13NO2. The minimum atomic E-state index is -0.0909. The van der Waals surface area contributed by atoms with Gasteiger partial charge in [0, 0.05) is 6.04 Å². The zero-order chi connectivity index (χ0) is 8.27. The average Bonchev–Trinajstić information content (AvgIpc) is 2.69. The van der Waals surface area contributed by atoms with Crippen LogP contribution in [0.2, 0.25) is 0 Å². The molecule has 2 unspecified atom stereocenters. The van der Waals surface area contributed by atoms with E-state index in [1.54, 1.807) is 6.20 Å². The van der Waals surface area contributed by atoms with Gasteiger partial charge in [0.2, 0.25) is 0 Å². The van der Waals surface area contributed by atoms with Crippen LogP contribution < -0.4 is 5.32 Å². The SMILES string of the molecule is C=CNC1CC1C(=O)OCC. The number of rotatable bonds is 4. The van der Waals surface area contributed by atoms with E-state index >= 15 is 0 Å². The lowest BCUT2D eigenvalue weighted by Gasteiger charge is -1.99. The Labute approximate surface area is 66.4 Å². The van der Waals surface area contributed by atoms with Crippen LogP contribution in [0.4, 0.5) is 0 Å². The van der Waals surface area contributed by atoms with Crippen LogP contribution in [0.15, 0.2) is 12.8 Å². The Bertz CT molecular complexity index is 167. The molecule has 1 saturated carbocycles. The number of carbonyl (C=O) groups excluding carboxylic acids is 1. The summed E-state index contributed by atoms with van der Waals surface area (Å²) < 4.78 is 4.83. The molecule has 0 radical (unpaired) electrons. The second kappa shape index (κ2) is 3.42. The minimum Gasteiger partial charge on any atom is -0.466 e. The van der Waals surface area contributed by atoms with E-state index in [1.807, 2.05) is 6.92 Å². The predicted octanol–water partition coefficient (Wildman–Crippen LogP) is 0.671. The molecule has 1 N–H and O–H groups in total. The van der Waals surface area contributed by atoms with Crippen molar-refractivity contribution >= 4 is 5.97 Å². The maximum absolute atomic E-state index is 11.0. The molecule has 1 rings (SSSR count). The van der Waals surface area contributed by atoms with Crippen LogP contribution >= 0.6 is 0 Å². The van der Waals surface area contributed by atoms with Crippen LogP contribution in [0.5, 0.6) is 0 Å². The van der Waals surface area contributed by atoms with Gasteiger partial charge in [-0.25, -0.2) is 0 Å². The molecule has 1 aliphatic rings. The van der Waals surface area contributed by atoms with Crippen LogP contribution in [-0.2, 0) is 9.53 Å². The normalized spacial score (nSPS) is 27.4. The monoisotopic (exact) mass is 155 g/mol. The average molecular weight is 155 g/mol. The number of ether oxygens (including phenoxy) is 1. The molecule has 0 saturated heterocycles. The van der Waals surface area contributed by atoms with E-state index in [0.29, 0.717) is 6.61 Å². The standard InChI is InChI=1S/C8H13NO2/c1-3-9-7-5-6(7)8(10)11-4-2/h3,6-7,9H,1,4-5H2,2H3. The summed E-state index contributed by atoms with van der Waals surface area (Å²) in [6.07, 6.45) is 2.49. The third kappa shape index (κ3) is 1.97. The van der Waals surface area contributed by atoms with Crippen molar-refractivity contribution in [1.29, 1.82) is 0 Å². The number of hydrogen-bond acceptors (Lipinski definition) is 3. The maximum atomic E-state index is 11.0. The Morgan fingerprint density at radius 2 is 2.64 bits per heavy atom. The predicted molar refractivity (Wildman–Crippen MR) is 41.9 cm³/mol. The molecule has 1 fully saturated rings. The van der Waals surface area contributed by atoms with Gasteiger partial charge >= 0.3 is 5.97 Å². The minimum absolute atomic E-state index is 0.0629. The molecule has 0 spiro atoms. The van der Waals surface area contributed by atoms with Gasteiger partial charge in [0.25, 0.3) is 0 Å². The molecule has 0 heterocycles. The summed E-state index contributed by atoms with van der Waals surface area (Å²) in [5, 5.41) is 2.97. The lowest BCUT2D eigenvalue weighted by atomic mass is 10.4.